The van der Waals surface area contributed by atoms with E-state index in [0.29, 0.717) is 10.7 Å². The summed E-state index contributed by atoms with van der Waals surface area (Å²) in [6.07, 6.45) is 1.77. The first-order valence-electron chi connectivity index (χ1n) is 7.83. The van der Waals surface area contributed by atoms with Crippen LogP contribution in [0.1, 0.15) is 16.7 Å². The topological polar surface area (TPSA) is 34.0 Å². The summed E-state index contributed by atoms with van der Waals surface area (Å²) in [5.74, 6) is 0.631. The van der Waals surface area contributed by atoms with E-state index in [1.165, 1.54) is 5.56 Å². The van der Waals surface area contributed by atoms with Crippen molar-refractivity contribution in [3.8, 4) is 5.69 Å². The summed E-state index contributed by atoms with van der Waals surface area (Å²) >= 11 is 5.51. The second-order valence-corrected chi connectivity index (χ2v) is 6.26. The fraction of sp³-hybridized carbons (Fsp3) is 0.211. The summed E-state index contributed by atoms with van der Waals surface area (Å²) in [6.45, 7) is 4.88. The number of aryl methyl sites for hydroxylation is 2. The highest BCUT2D eigenvalue weighted by atomic mass is 32.1. The van der Waals surface area contributed by atoms with Crippen LogP contribution >= 0.6 is 12.2 Å². The molecule has 0 fully saturated rings. The van der Waals surface area contributed by atoms with Gasteiger partial charge in [0, 0.05) is 13.6 Å². The normalized spacial score (nSPS) is 10.6. The van der Waals surface area contributed by atoms with Crippen molar-refractivity contribution in [1.29, 1.82) is 0 Å². The number of hydrogen-bond donors (Lipinski definition) is 0. The summed E-state index contributed by atoms with van der Waals surface area (Å²) in [4.78, 5) is 11.0. The summed E-state index contributed by atoms with van der Waals surface area (Å²) in [5.41, 5.74) is 4.57. The summed E-state index contributed by atoms with van der Waals surface area (Å²) in [6, 6.07) is 16.4. The van der Waals surface area contributed by atoms with Crippen molar-refractivity contribution in [3.63, 3.8) is 0 Å². The Morgan fingerprint density at radius 3 is 2.29 bits per heavy atom. The number of benzene rings is 2. The summed E-state index contributed by atoms with van der Waals surface area (Å²) in [7, 11) is 1.97. The van der Waals surface area contributed by atoms with Gasteiger partial charge in [-0.15, -0.1) is 0 Å². The SMILES string of the molecule is Cc1cccc(C)c1-n1cnc(N(C)Cc2ccccc2)nc1=S. The van der Waals surface area contributed by atoms with Gasteiger partial charge in [0.25, 0.3) is 0 Å². The minimum atomic E-state index is 0.511. The second-order valence-electron chi connectivity index (χ2n) is 5.89. The first kappa shape index (κ1) is 16.3. The van der Waals surface area contributed by atoms with Gasteiger partial charge < -0.3 is 4.90 Å². The Bertz CT molecular complexity index is 882. The summed E-state index contributed by atoms with van der Waals surface area (Å²) < 4.78 is 2.39. The molecule has 2 aromatic carbocycles. The third-order valence-corrected chi connectivity index (χ3v) is 4.26. The molecule has 1 aromatic heterocycles. The van der Waals surface area contributed by atoms with Crippen LogP contribution in [0, 0.1) is 18.6 Å². The number of anilines is 1. The highest BCUT2D eigenvalue weighted by Crippen LogP contribution is 2.19. The lowest BCUT2D eigenvalue weighted by molar-refractivity contribution is 0.811. The maximum absolute atomic E-state index is 5.51. The van der Waals surface area contributed by atoms with Gasteiger partial charge in [-0.2, -0.15) is 4.98 Å². The summed E-state index contributed by atoms with van der Waals surface area (Å²) in [5, 5.41) is 0. The van der Waals surface area contributed by atoms with E-state index in [4.69, 9.17) is 12.2 Å². The Kier molecular flexibility index (Phi) is 4.71. The molecule has 1 heterocycles. The van der Waals surface area contributed by atoms with Gasteiger partial charge in [0.2, 0.25) is 10.7 Å². The van der Waals surface area contributed by atoms with E-state index in [1.54, 1.807) is 6.33 Å². The second kappa shape index (κ2) is 6.93. The van der Waals surface area contributed by atoms with E-state index in [2.05, 4.69) is 48.1 Å². The zero-order chi connectivity index (χ0) is 17.1. The third kappa shape index (κ3) is 3.36. The molecule has 0 saturated carbocycles. The van der Waals surface area contributed by atoms with Crippen molar-refractivity contribution in [2.75, 3.05) is 11.9 Å². The van der Waals surface area contributed by atoms with Gasteiger partial charge in [0.05, 0.1) is 5.69 Å². The molecule has 0 aliphatic rings. The van der Waals surface area contributed by atoms with Crippen LogP contribution in [-0.4, -0.2) is 21.6 Å². The van der Waals surface area contributed by atoms with Gasteiger partial charge in [0.15, 0.2) is 0 Å². The molecule has 0 aliphatic heterocycles. The quantitative estimate of drug-likeness (QED) is 0.667. The standard InChI is InChI=1S/C19H20N4S/c1-14-8-7-9-15(2)17(14)23-13-20-18(21-19(23)24)22(3)12-16-10-5-4-6-11-16/h4-11,13H,12H2,1-3H3. The average Bonchev–Trinajstić information content (AvgIpc) is 2.57. The molecule has 24 heavy (non-hydrogen) atoms. The number of para-hydroxylation sites is 1. The minimum absolute atomic E-state index is 0.511. The molecule has 3 aromatic rings. The van der Waals surface area contributed by atoms with E-state index in [9.17, 15) is 0 Å². The molecule has 0 radical (unpaired) electrons. The van der Waals surface area contributed by atoms with Gasteiger partial charge in [0.1, 0.15) is 6.33 Å². The van der Waals surface area contributed by atoms with Crippen LogP contribution in [0.4, 0.5) is 5.95 Å². The smallest absolute Gasteiger partial charge is 0.229 e. The third-order valence-electron chi connectivity index (χ3n) is 3.97. The highest BCUT2D eigenvalue weighted by molar-refractivity contribution is 7.71. The van der Waals surface area contributed by atoms with E-state index >= 15 is 0 Å². The Morgan fingerprint density at radius 2 is 1.67 bits per heavy atom. The maximum Gasteiger partial charge on any atom is 0.229 e. The monoisotopic (exact) mass is 336 g/mol. The first-order chi connectivity index (χ1) is 11.6. The fourth-order valence-electron chi connectivity index (χ4n) is 2.78. The van der Waals surface area contributed by atoms with Crippen molar-refractivity contribution < 1.29 is 0 Å². The lowest BCUT2D eigenvalue weighted by Gasteiger charge is -2.18. The van der Waals surface area contributed by atoms with Crippen LogP contribution in [-0.2, 0) is 6.54 Å². The molecule has 4 nitrogen and oxygen atoms in total. The van der Waals surface area contributed by atoms with Crippen molar-refractivity contribution in [3.05, 3.63) is 76.3 Å². The number of hydrogen-bond acceptors (Lipinski definition) is 4. The number of aromatic nitrogens is 3. The molecule has 3 rings (SSSR count). The van der Waals surface area contributed by atoms with E-state index < -0.39 is 0 Å². The van der Waals surface area contributed by atoms with Crippen LogP contribution < -0.4 is 4.90 Å². The predicted octanol–water partition coefficient (Wildman–Crippen LogP) is 4.25. The molecule has 0 unspecified atom stereocenters. The van der Waals surface area contributed by atoms with E-state index in [-0.39, 0.29) is 0 Å². The molecule has 0 N–H and O–H groups in total. The van der Waals surface area contributed by atoms with Crippen molar-refractivity contribution in [1.82, 2.24) is 14.5 Å². The van der Waals surface area contributed by atoms with Crippen LogP contribution in [0.15, 0.2) is 54.9 Å². The van der Waals surface area contributed by atoms with Crippen molar-refractivity contribution in [2.45, 2.75) is 20.4 Å². The predicted molar refractivity (Wildman–Crippen MR) is 100 cm³/mol. The first-order valence-corrected chi connectivity index (χ1v) is 8.24. The van der Waals surface area contributed by atoms with E-state index in [1.807, 2.05) is 40.8 Å². The van der Waals surface area contributed by atoms with Crippen LogP contribution in [0.5, 0.6) is 0 Å². The molecule has 0 aliphatic carbocycles. The van der Waals surface area contributed by atoms with Gasteiger partial charge >= 0.3 is 0 Å². The Hall–Kier alpha value is -2.53. The minimum Gasteiger partial charge on any atom is -0.339 e. The molecule has 122 valence electrons. The number of nitrogens with zero attached hydrogens (tertiary/aromatic N) is 4. The van der Waals surface area contributed by atoms with Crippen LogP contribution in [0.3, 0.4) is 0 Å². The van der Waals surface area contributed by atoms with Crippen LogP contribution in [0.25, 0.3) is 5.69 Å². The van der Waals surface area contributed by atoms with E-state index in [0.717, 1.165) is 23.4 Å². The lowest BCUT2D eigenvalue weighted by Crippen LogP contribution is -2.20. The van der Waals surface area contributed by atoms with Crippen molar-refractivity contribution >= 4 is 18.2 Å². The van der Waals surface area contributed by atoms with Gasteiger partial charge in [-0.05, 0) is 42.8 Å². The molecular formula is C19H20N4S. The zero-order valence-electron chi connectivity index (χ0n) is 14.1. The fourth-order valence-corrected chi connectivity index (χ4v) is 3.00. The average molecular weight is 336 g/mol. The Morgan fingerprint density at radius 1 is 1.00 bits per heavy atom. The molecule has 0 bridgehead atoms. The zero-order valence-corrected chi connectivity index (χ0v) is 14.9. The molecule has 0 saturated heterocycles. The molecule has 0 spiro atoms. The molecule has 0 atom stereocenters. The van der Waals surface area contributed by atoms with Crippen molar-refractivity contribution in [2.24, 2.45) is 0 Å². The van der Waals surface area contributed by atoms with Gasteiger partial charge in [-0.25, -0.2) is 4.98 Å². The molecule has 5 heteroatoms. The van der Waals surface area contributed by atoms with Gasteiger partial charge in [-0.1, -0.05) is 48.5 Å². The largest absolute Gasteiger partial charge is 0.339 e. The van der Waals surface area contributed by atoms with Crippen LogP contribution in [0.2, 0.25) is 0 Å². The lowest BCUT2D eigenvalue weighted by atomic mass is 10.1. The Balaban J connectivity index is 1.92. The Labute approximate surface area is 147 Å². The highest BCUT2D eigenvalue weighted by Gasteiger charge is 2.10. The maximum atomic E-state index is 5.51. The molecular weight excluding hydrogens is 316 g/mol. The number of rotatable bonds is 4. The molecule has 0 amide bonds. The van der Waals surface area contributed by atoms with Gasteiger partial charge in [-0.3, -0.25) is 4.57 Å².